The minimum absolute atomic E-state index is 0.0721. The smallest absolute Gasteiger partial charge is 0.420 e. The van der Waals surface area contributed by atoms with Crippen molar-refractivity contribution in [3.8, 4) is 0 Å². The minimum Gasteiger partial charge on any atom is -0.447 e. The molecule has 1 aromatic carbocycles. The van der Waals surface area contributed by atoms with Gasteiger partial charge in [0.15, 0.2) is 5.58 Å². The van der Waals surface area contributed by atoms with Gasteiger partial charge < -0.3 is 14.1 Å². The second kappa shape index (κ2) is 5.15. The van der Waals surface area contributed by atoms with E-state index in [0.29, 0.717) is 37.3 Å². The zero-order valence-electron chi connectivity index (χ0n) is 12.3. The van der Waals surface area contributed by atoms with Gasteiger partial charge in [-0.05, 0) is 12.1 Å². The van der Waals surface area contributed by atoms with E-state index in [4.69, 9.17) is 9.15 Å². The fraction of sp³-hybridized carbons (Fsp3) is 0.400. The Hall–Kier alpha value is -2.77. The Morgan fingerprint density at radius 1 is 1.22 bits per heavy atom. The predicted octanol–water partition coefficient (Wildman–Crippen LogP) is 0.258. The van der Waals surface area contributed by atoms with Crippen LogP contribution in [0.25, 0.3) is 11.1 Å². The normalized spacial score (nSPS) is 20.7. The van der Waals surface area contributed by atoms with Crippen molar-refractivity contribution < 1.29 is 18.7 Å². The van der Waals surface area contributed by atoms with Crippen LogP contribution in [0, 0.1) is 0 Å². The fourth-order valence-corrected chi connectivity index (χ4v) is 3.11. The van der Waals surface area contributed by atoms with E-state index in [1.54, 1.807) is 34.1 Å². The number of rotatable bonds is 2. The molecule has 2 fully saturated rings. The van der Waals surface area contributed by atoms with Crippen LogP contribution in [0.3, 0.4) is 0 Å². The Kier molecular flexibility index (Phi) is 3.10. The first-order chi connectivity index (χ1) is 11.1. The number of amides is 2. The molecule has 2 amide bonds. The van der Waals surface area contributed by atoms with E-state index in [9.17, 15) is 14.4 Å². The summed E-state index contributed by atoms with van der Waals surface area (Å²) < 4.78 is 11.5. The van der Waals surface area contributed by atoms with E-state index in [-0.39, 0.29) is 24.6 Å². The van der Waals surface area contributed by atoms with Crippen LogP contribution >= 0.6 is 0 Å². The summed E-state index contributed by atoms with van der Waals surface area (Å²) in [4.78, 5) is 39.2. The number of para-hydroxylation sites is 2. The van der Waals surface area contributed by atoms with E-state index < -0.39 is 5.76 Å². The van der Waals surface area contributed by atoms with Crippen LogP contribution < -0.4 is 5.76 Å². The molecule has 2 aliphatic heterocycles. The Labute approximate surface area is 130 Å². The summed E-state index contributed by atoms with van der Waals surface area (Å²) in [5.41, 5.74) is 1.06. The maximum Gasteiger partial charge on any atom is 0.420 e. The van der Waals surface area contributed by atoms with Crippen LogP contribution in [-0.2, 0) is 16.1 Å². The highest BCUT2D eigenvalue weighted by molar-refractivity contribution is 5.80. The first kappa shape index (κ1) is 13.9. The second-order valence-corrected chi connectivity index (χ2v) is 5.69. The van der Waals surface area contributed by atoms with Gasteiger partial charge >= 0.3 is 11.8 Å². The lowest BCUT2D eigenvalue weighted by Crippen LogP contribution is -2.54. The number of aromatic nitrogens is 1. The molecule has 1 atom stereocenters. The molecule has 3 heterocycles. The van der Waals surface area contributed by atoms with Crippen molar-refractivity contribution in [3.05, 3.63) is 34.8 Å². The summed E-state index contributed by atoms with van der Waals surface area (Å²) in [6, 6.07) is 6.90. The Bertz CT molecular complexity index is 839. The monoisotopic (exact) mass is 317 g/mol. The number of nitrogens with zero attached hydrogens (tertiary/aromatic N) is 3. The number of oxazole rings is 1. The number of carbonyl (C=O) groups excluding carboxylic acids is 2. The molecule has 0 bridgehead atoms. The molecule has 0 N–H and O–H groups in total. The van der Waals surface area contributed by atoms with Crippen LogP contribution in [0.5, 0.6) is 0 Å². The van der Waals surface area contributed by atoms with Gasteiger partial charge in [0.1, 0.15) is 13.2 Å². The number of fused-ring (bicyclic) bond motifs is 2. The molecule has 0 aliphatic carbocycles. The molecule has 8 heteroatoms. The molecule has 1 unspecified atom stereocenters. The molecule has 1 aromatic heterocycles. The van der Waals surface area contributed by atoms with E-state index >= 15 is 0 Å². The van der Waals surface area contributed by atoms with Crippen molar-refractivity contribution in [2.24, 2.45) is 0 Å². The largest absolute Gasteiger partial charge is 0.447 e. The van der Waals surface area contributed by atoms with Gasteiger partial charge in [-0.25, -0.2) is 9.59 Å². The third-order valence-electron chi connectivity index (χ3n) is 4.34. The zero-order valence-corrected chi connectivity index (χ0v) is 12.3. The number of benzene rings is 1. The summed E-state index contributed by atoms with van der Waals surface area (Å²) in [5, 5.41) is 0. The van der Waals surface area contributed by atoms with Crippen LogP contribution in [-0.4, -0.2) is 58.7 Å². The maximum absolute atomic E-state index is 12.5. The predicted molar refractivity (Wildman–Crippen MR) is 78.9 cm³/mol. The molecule has 2 saturated heterocycles. The van der Waals surface area contributed by atoms with Gasteiger partial charge in [0.2, 0.25) is 5.91 Å². The lowest BCUT2D eigenvalue weighted by atomic mass is 10.2. The summed E-state index contributed by atoms with van der Waals surface area (Å²) in [6.07, 6.45) is -0.320. The van der Waals surface area contributed by atoms with Crippen molar-refractivity contribution in [2.75, 3.05) is 26.2 Å². The average Bonchev–Trinajstić information content (AvgIpc) is 3.08. The van der Waals surface area contributed by atoms with Crippen LogP contribution in [0.1, 0.15) is 0 Å². The van der Waals surface area contributed by atoms with Crippen molar-refractivity contribution in [1.29, 1.82) is 0 Å². The number of ether oxygens (including phenoxy) is 1. The minimum atomic E-state index is -0.544. The maximum atomic E-state index is 12.5. The first-order valence-electron chi connectivity index (χ1n) is 7.43. The standard InChI is InChI=1S/C15H15N3O5/c19-13(16-5-6-17-10(7-16)9-22-14(17)20)8-18-11-3-1-2-4-12(11)23-15(18)21/h1-4,10H,5-9H2. The summed E-state index contributed by atoms with van der Waals surface area (Å²) in [5.74, 6) is -0.713. The van der Waals surface area contributed by atoms with Gasteiger partial charge in [-0.3, -0.25) is 14.3 Å². The number of hydrogen-bond acceptors (Lipinski definition) is 5. The van der Waals surface area contributed by atoms with Crippen LogP contribution in [0.4, 0.5) is 4.79 Å². The second-order valence-electron chi connectivity index (χ2n) is 5.69. The van der Waals surface area contributed by atoms with E-state index in [0.717, 1.165) is 0 Å². The Balaban J connectivity index is 1.53. The quantitative estimate of drug-likeness (QED) is 0.793. The van der Waals surface area contributed by atoms with Gasteiger partial charge in [-0.2, -0.15) is 0 Å². The van der Waals surface area contributed by atoms with Gasteiger partial charge in [0.05, 0.1) is 11.6 Å². The number of carbonyl (C=O) groups is 2. The fourth-order valence-electron chi connectivity index (χ4n) is 3.11. The SMILES string of the molecule is O=C(Cn1c(=O)oc2ccccc21)N1CCN2C(=O)OCC2C1. The van der Waals surface area contributed by atoms with Crippen LogP contribution in [0.15, 0.2) is 33.5 Å². The van der Waals surface area contributed by atoms with E-state index in [2.05, 4.69) is 0 Å². The van der Waals surface area contributed by atoms with Gasteiger partial charge in [0, 0.05) is 19.6 Å². The van der Waals surface area contributed by atoms with Crippen molar-refractivity contribution in [3.63, 3.8) is 0 Å². The average molecular weight is 317 g/mol. The highest BCUT2D eigenvalue weighted by atomic mass is 16.6. The lowest BCUT2D eigenvalue weighted by molar-refractivity contribution is -0.134. The summed E-state index contributed by atoms with van der Waals surface area (Å²) in [6.45, 7) is 1.55. The number of piperazine rings is 1. The first-order valence-corrected chi connectivity index (χ1v) is 7.43. The van der Waals surface area contributed by atoms with Gasteiger partial charge in [-0.15, -0.1) is 0 Å². The molecule has 0 saturated carbocycles. The molecule has 2 aromatic rings. The zero-order chi connectivity index (χ0) is 16.0. The molecule has 120 valence electrons. The van der Waals surface area contributed by atoms with Gasteiger partial charge in [-0.1, -0.05) is 12.1 Å². The molecular weight excluding hydrogens is 302 g/mol. The number of hydrogen-bond donors (Lipinski definition) is 0. The third-order valence-corrected chi connectivity index (χ3v) is 4.34. The lowest BCUT2D eigenvalue weighted by Gasteiger charge is -2.35. The molecule has 0 spiro atoms. The molecule has 0 radical (unpaired) electrons. The van der Waals surface area contributed by atoms with Crippen LogP contribution in [0.2, 0.25) is 0 Å². The van der Waals surface area contributed by atoms with Crippen molar-refractivity contribution in [2.45, 2.75) is 12.6 Å². The Morgan fingerprint density at radius 2 is 2.04 bits per heavy atom. The molecule has 4 rings (SSSR count). The Morgan fingerprint density at radius 3 is 2.91 bits per heavy atom. The molecular formula is C15H15N3O5. The van der Waals surface area contributed by atoms with Gasteiger partial charge in [0.25, 0.3) is 0 Å². The third kappa shape index (κ3) is 2.26. The summed E-state index contributed by atoms with van der Waals surface area (Å²) >= 11 is 0. The van der Waals surface area contributed by atoms with E-state index in [1.165, 1.54) is 4.57 Å². The van der Waals surface area contributed by atoms with E-state index in [1.807, 2.05) is 0 Å². The van der Waals surface area contributed by atoms with Crippen molar-refractivity contribution >= 4 is 23.1 Å². The molecule has 23 heavy (non-hydrogen) atoms. The number of cyclic esters (lactones) is 1. The highest BCUT2D eigenvalue weighted by Gasteiger charge is 2.38. The van der Waals surface area contributed by atoms with Crippen molar-refractivity contribution in [1.82, 2.24) is 14.4 Å². The molecule has 2 aliphatic rings. The topological polar surface area (TPSA) is 85.0 Å². The highest BCUT2D eigenvalue weighted by Crippen LogP contribution is 2.18. The summed E-state index contributed by atoms with van der Waals surface area (Å²) in [7, 11) is 0. The molecule has 8 nitrogen and oxygen atoms in total.